The normalized spacial score (nSPS) is 26.3. The van der Waals surface area contributed by atoms with Crippen molar-refractivity contribution in [3.8, 4) is 0 Å². The summed E-state index contributed by atoms with van der Waals surface area (Å²) in [6.45, 7) is 4.68. The second-order valence-corrected chi connectivity index (χ2v) is 6.10. The maximum Gasteiger partial charge on any atom is 0.160 e. The van der Waals surface area contributed by atoms with Crippen molar-refractivity contribution in [1.82, 2.24) is 5.32 Å². The van der Waals surface area contributed by atoms with Gasteiger partial charge in [-0.1, -0.05) is 20.3 Å². The minimum atomic E-state index is -1.25. The van der Waals surface area contributed by atoms with E-state index in [1.807, 2.05) is 13.8 Å². The van der Waals surface area contributed by atoms with Crippen molar-refractivity contribution in [3.63, 3.8) is 0 Å². The first-order chi connectivity index (χ1) is 8.60. The summed E-state index contributed by atoms with van der Waals surface area (Å²) in [5.74, 6) is -1.79. The van der Waals surface area contributed by atoms with Gasteiger partial charge in [0, 0.05) is 10.9 Å². The van der Waals surface area contributed by atoms with Crippen molar-refractivity contribution in [2.45, 2.75) is 42.9 Å². The van der Waals surface area contributed by atoms with Crippen LogP contribution in [0.5, 0.6) is 0 Å². The summed E-state index contributed by atoms with van der Waals surface area (Å²) in [5, 5.41) is 3.14. The van der Waals surface area contributed by atoms with Gasteiger partial charge in [0.1, 0.15) is 0 Å². The van der Waals surface area contributed by atoms with E-state index < -0.39 is 22.4 Å². The lowest BCUT2D eigenvalue weighted by atomic mass is 10.0. The quantitative estimate of drug-likeness (QED) is 0.914. The zero-order valence-corrected chi connectivity index (χ0v) is 11.3. The smallest absolute Gasteiger partial charge is 0.160 e. The van der Waals surface area contributed by atoms with Crippen molar-refractivity contribution in [1.29, 1.82) is 0 Å². The molecule has 2 nitrogen and oxygen atoms in total. The Morgan fingerprint density at radius 3 is 2.56 bits per heavy atom. The van der Waals surface area contributed by atoms with Crippen molar-refractivity contribution < 1.29 is 13.0 Å². The summed E-state index contributed by atoms with van der Waals surface area (Å²) < 4.78 is 38.9. The van der Waals surface area contributed by atoms with Crippen LogP contribution in [-0.4, -0.2) is 16.0 Å². The first kappa shape index (κ1) is 13.6. The third kappa shape index (κ3) is 2.21. The molecule has 3 atom stereocenters. The number of halogens is 2. The molecule has 0 bridgehead atoms. The van der Waals surface area contributed by atoms with Gasteiger partial charge < -0.3 is 5.32 Å². The molecule has 1 heterocycles. The van der Waals surface area contributed by atoms with E-state index in [1.165, 1.54) is 6.07 Å². The first-order valence-electron chi connectivity index (χ1n) is 6.23. The molecule has 2 rings (SSSR count). The van der Waals surface area contributed by atoms with Crippen molar-refractivity contribution in [2.24, 2.45) is 0 Å². The molecular weight excluding hydrogens is 256 g/mol. The van der Waals surface area contributed by atoms with Crippen LogP contribution in [0.4, 0.5) is 8.78 Å². The minimum absolute atomic E-state index is 0.0915. The van der Waals surface area contributed by atoms with Gasteiger partial charge in [-0.25, -0.2) is 8.78 Å². The van der Waals surface area contributed by atoms with Gasteiger partial charge in [-0.15, -0.1) is 0 Å². The Hall–Kier alpha value is -0.810. The van der Waals surface area contributed by atoms with Crippen LogP contribution >= 0.6 is 0 Å². The molecule has 0 aromatic heterocycles. The molecule has 5 heteroatoms. The standard InChI is InChI=1S/C13H17F2NOS/c1-3-5-11-13(16-4-2)8-6-9(14)10(15)7-12(8)18(11)17/h6-7,11,13,16H,3-5H2,1-2H3. The Morgan fingerprint density at radius 1 is 1.28 bits per heavy atom. The number of hydrogen-bond donors (Lipinski definition) is 1. The van der Waals surface area contributed by atoms with Gasteiger partial charge in [0.25, 0.3) is 0 Å². The predicted octanol–water partition coefficient (Wildman–Crippen LogP) is 2.91. The number of nitrogens with one attached hydrogen (secondary N) is 1. The van der Waals surface area contributed by atoms with E-state index in [0.29, 0.717) is 17.0 Å². The number of fused-ring (bicyclic) bond motifs is 1. The lowest BCUT2D eigenvalue weighted by Crippen LogP contribution is -2.29. The van der Waals surface area contributed by atoms with Gasteiger partial charge in [-0.2, -0.15) is 0 Å². The number of hydrogen-bond acceptors (Lipinski definition) is 2. The van der Waals surface area contributed by atoms with E-state index in [4.69, 9.17) is 0 Å². The van der Waals surface area contributed by atoms with Gasteiger partial charge in [0.2, 0.25) is 0 Å². The molecule has 1 aliphatic heterocycles. The van der Waals surface area contributed by atoms with Gasteiger partial charge in [0.15, 0.2) is 11.6 Å². The van der Waals surface area contributed by atoms with E-state index in [0.717, 1.165) is 18.9 Å². The molecule has 1 aromatic rings. The Labute approximate surface area is 108 Å². The fraction of sp³-hybridized carbons (Fsp3) is 0.538. The second kappa shape index (κ2) is 5.45. The van der Waals surface area contributed by atoms with Gasteiger partial charge >= 0.3 is 0 Å². The van der Waals surface area contributed by atoms with Gasteiger partial charge in [0.05, 0.1) is 16.0 Å². The van der Waals surface area contributed by atoms with Crippen LogP contribution in [0.1, 0.15) is 38.3 Å². The van der Waals surface area contributed by atoms with E-state index in [1.54, 1.807) is 0 Å². The van der Waals surface area contributed by atoms with Crippen molar-refractivity contribution >= 4 is 10.8 Å². The van der Waals surface area contributed by atoms with E-state index in [9.17, 15) is 13.0 Å². The average molecular weight is 273 g/mol. The van der Waals surface area contributed by atoms with Crippen LogP contribution in [0.3, 0.4) is 0 Å². The maximum absolute atomic E-state index is 13.3. The highest BCUT2D eigenvalue weighted by molar-refractivity contribution is 7.86. The molecule has 1 aliphatic rings. The van der Waals surface area contributed by atoms with Crippen LogP contribution in [0.25, 0.3) is 0 Å². The van der Waals surface area contributed by atoms with Crippen molar-refractivity contribution in [3.05, 3.63) is 29.3 Å². The van der Waals surface area contributed by atoms with Crippen LogP contribution in [-0.2, 0) is 10.8 Å². The summed E-state index contributed by atoms with van der Waals surface area (Å²) in [6.07, 6.45) is 1.68. The molecule has 0 fully saturated rings. The third-order valence-corrected chi connectivity index (χ3v) is 5.09. The zero-order chi connectivity index (χ0) is 13.3. The van der Waals surface area contributed by atoms with Crippen LogP contribution in [0.2, 0.25) is 0 Å². The van der Waals surface area contributed by atoms with Crippen molar-refractivity contribution in [2.75, 3.05) is 6.54 Å². The lowest BCUT2D eigenvalue weighted by molar-refractivity contribution is 0.485. The molecular formula is C13H17F2NOS. The fourth-order valence-electron chi connectivity index (χ4n) is 2.47. The van der Waals surface area contributed by atoms with E-state index in [2.05, 4.69) is 5.32 Å². The minimum Gasteiger partial charge on any atom is -0.309 e. The number of benzene rings is 1. The Bertz CT molecular complexity index is 478. The summed E-state index contributed by atoms with van der Waals surface area (Å²) >= 11 is 0. The summed E-state index contributed by atoms with van der Waals surface area (Å²) in [4.78, 5) is 0.443. The highest BCUT2D eigenvalue weighted by atomic mass is 32.2. The second-order valence-electron chi connectivity index (χ2n) is 4.46. The fourth-order valence-corrected chi connectivity index (χ4v) is 4.37. The maximum atomic E-state index is 13.3. The average Bonchev–Trinajstić information content (AvgIpc) is 2.57. The monoisotopic (exact) mass is 273 g/mol. The third-order valence-electron chi connectivity index (χ3n) is 3.25. The van der Waals surface area contributed by atoms with Crippen LogP contribution in [0.15, 0.2) is 17.0 Å². The molecule has 1 N–H and O–H groups in total. The molecule has 0 saturated carbocycles. The van der Waals surface area contributed by atoms with Crippen LogP contribution in [0, 0.1) is 11.6 Å². The zero-order valence-electron chi connectivity index (χ0n) is 10.5. The van der Waals surface area contributed by atoms with Crippen LogP contribution < -0.4 is 5.32 Å². The SMILES string of the molecule is CCCC1C(NCC)c2cc(F)c(F)cc2S1=O. The molecule has 0 amide bonds. The van der Waals surface area contributed by atoms with E-state index >= 15 is 0 Å². The van der Waals surface area contributed by atoms with E-state index in [-0.39, 0.29) is 11.3 Å². The predicted molar refractivity (Wildman–Crippen MR) is 67.9 cm³/mol. The first-order valence-corrected chi connectivity index (χ1v) is 7.44. The molecule has 0 radical (unpaired) electrons. The Morgan fingerprint density at radius 2 is 1.94 bits per heavy atom. The van der Waals surface area contributed by atoms with Gasteiger partial charge in [-0.3, -0.25) is 4.21 Å². The molecule has 18 heavy (non-hydrogen) atoms. The molecule has 0 aliphatic carbocycles. The molecule has 0 spiro atoms. The highest BCUT2D eigenvalue weighted by Gasteiger charge is 2.38. The molecule has 1 aromatic carbocycles. The molecule has 100 valence electrons. The topological polar surface area (TPSA) is 29.1 Å². The Kier molecular flexibility index (Phi) is 4.12. The lowest BCUT2D eigenvalue weighted by Gasteiger charge is -2.19. The number of rotatable bonds is 4. The summed E-state index contributed by atoms with van der Waals surface area (Å²) in [7, 11) is -1.25. The van der Waals surface area contributed by atoms with Gasteiger partial charge in [-0.05, 0) is 30.7 Å². The Balaban J connectivity index is 2.46. The molecule has 3 unspecified atom stereocenters. The largest absolute Gasteiger partial charge is 0.309 e. The summed E-state index contributed by atoms with van der Waals surface area (Å²) in [6, 6.07) is 2.13. The molecule has 0 saturated heterocycles. The highest BCUT2D eigenvalue weighted by Crippen LogP contribution is 2.39. The summed E-state index contributed by atoms with van der Waals surface area (Å²) in [5.41, 5.74) is 0.646.